The SMILES string of the molecule is Cc1ccc(S(=O)(=O)N(CC(C)C)C(C)C)cc1CCl. The standard InChI is InChI=1S/C15H24ClNO2S/c1-11(2)10-17(12(3)4)20(18,19)15-7-6-13(5)14(8-15)9-16/h6-8,11-12H,9-10H2,1-5H3. The Morgan fingerprint density at radius 3 is 2.25 bits per heavy atom. The molecule has 3 nitrogen and oxygen atoms in total. The minimum Gasteiger partial charge on any atom is -0.207 e. The van der Waals surface area contributed by atoms with Gasteiger partial charge in [0.1, 0.15) is 0 Å². The van der Waals surface area contributed by atoms with Gasteiger partial charge in [-0.1, -0.05) is 19.9 Å². The lowest BCUT2D eigenvalue weighted by atomic mass is 10.1. The maximum atomic E-state index is 12.8. The summed E-state index contributed by atoms with van der Waals surface area (Å²) in [4.78, 5) is 0.327. The highest BCUT2D eigenvalue weighted by Crippen LogP contribution is 2.23. The van der Waals surface area contributed by atoms with Gasteiger partial charge in [-0.05, 0) is 49.9 Å². The number of nitrogens with zero attached hydrogens (tertiary/aromatic N) is 1. The summed E-state index contributed by atoms with van der Waals surface area (Å²) in [5.74, 6) is 0.603. The second kappa shape index (κ2) is 6.92. The van der Waals surface area contributed by atoms with E-state index in [1.54, 1.807) is 16.4 Å². The van der Waals surface area contributed by atoms with Crippen LogP contribution in [0.3, 0.4) is 0 Å². The van der Waals surface area contributed by atoms with Gasteiger partial charge in [0.2, 0.25) is 10.0 Å². The van der Waals surface area contributed by atoms with E-state index in [0.29, 0.717) is 17.3 Å². The van der Waals surface area contributed by atoms with Crippen LogP contribution in [0.5, 0.6) is 0 Å². The van der Waals surface area contributed by atoms with Crippen molar-refractivity contribution in [1.29, 1.82) is 0 Å². The Bertz CT molecular complexity index is 553. The van der Waals surface area contributed by atoms with Gasteiger partial charge in [-0.2, -0.15) is 4.31 Å². The molecule has 0 saturated heterocycles. The molecule has 1 aromatic carbocycles. The molecule has 0 amide bonds. The summed E-state index contributed by atoms with van der Waals surface area (Å²) in [6.45, 7) is 10.3. The highest BCUT2D eigenvalue weighted by Gasteiger charge is 2.27. The van der Waals surface area contributed by atoms with Crippen LogP contribution in [-0.4, -0.2) is 25.3 Å². The zero-order chi connectivity index (χ0) is 15.5. The fourth-order valence-corrected chi connectivity index (χ4v) is 4.17. The van der Waals surface area contributed by atoms with E-state index < -0.39 is 10.0 Å². The normalized spacial score (nSPS) is 12.7. The van der Waals surface area contributed by atoms with E-state index in [1.807, 2.05) is 40.7 Å². The van der Waals surface area contributed by atoms with Gasteiger partial charge in [-0.25, -0.2) is 8.42 Å². The van der Waals surface area contributed by atoms with Crippen molar-refractivity contribution in [1.82, 2.24) is 4.31 Å². The van der Waals surface area contributed by atoms with E-state index in [-0.39, 0.29) is 12.0 Å². The first-order valence-electron chi connectivity index (χ1n) is 6.87. The topological polar surface area (TPSA) is 37.4 Å². The molecule has 0 aliphatic carbocycles. The lowest BCUT2D eigenvalue weighted by Crippen LogP contribution is -2.39. The van der Waals surface area contributed by atoms with Crippen LogP contribution < -0.4 is 0 Å². The Morgan fingerprint density at radius 2 is 1.80 bits per heavy atom. The molecule has 0 bridgehead atoms. The number of benzene rings is 1. The maximum Gasteiger partial charge on any atom is 0.243 e. The lowest BCUT2D eigenvalue weighted by Gasteiger charge is -2.27. The van der Waals surface area contributed by atoms with E-state index in [2.05, 4.69) is 0 Å². The highest BCUT2D eigenvalue weighted by molar-refractivity contribution is 7.89. The van der Waals surface area contributed by atoms with Gasteiger partial charge < -0.3 is 0 Å². The highest BCUT2D eigenvalue weighted by atomic mass is 35.5. The van der Waals surface area contributed by atoms with Crippen LogP contribution in [0.1, 0.15) is 38.8 Å². The molecule has 5 heteroatoms. The number of halogens is 1. The van der Waals surface area contributed by atoms with Gasteiger partial charge in [0, 0.05) is 18.5 Å². The summed E-state index contributed by atoms with van der Waals surface area (Å²) < 4.78 is 27.1. The lowest BCUT2D eigenvalue weighted by molar-refractivity contribution is 0.319. The molecule has 0 aliphatic heterocycles. The molecular weight excluding hydrogens is 294 g/mol. The van der Waals surface area contributed by atoms with Crippen molar-refractivity contribution < 1.29 is 8.42 Å². The predicted octanol–water partition coefficient (Wildman–Crippen LogP) is 3.79. The maximum absolute atomic E-state index is 12.8. The van der Waals surface area contributed by atoms with Gasteiger partial charge in [0.15, 0.2) is 0 Å². The molecule has 0 radical (unpaired) electrons. The fourth-order valence-electron chi connectivity index (χ4n) is 2.03. The summed E-state index contributed by atoms with van der Waals surface area (Å²) in [6, 6.07) is 5.10. The number of sulfonamides is 1. The van der Waals surface area contributed by atoms with Crippen molar-refractivity contribution in [2.75, 3.05) is 6.54 Å². The minimum absolute atomic E-state index is 0.0665. The molecule has 114 valence electrons. The summed E-state index contributed by atoms with van der Waals surface area (Å²) in [7, 11) is -3.47. The second-order valence-corrected chi connectivity index (χ2v) is 7.94. The van der Waals surface area contributed by atoms with Crippen LogP contribution in [0.15, 0.2) is 23.1 Å². The minimum atomic E-state index is -3.47. The van der Waals surface area contributed by atoms with Crippen LogP contribution >= 0.6 is 11.6 Å². The van der Waals surface area contributed by atoms with Crippen LogP contribution in [-0.2, 0) is 15.9 Å². The molecule has 0 atom stereocenters. The van der Waals surface area contributed by atoms with Crippen molar-refractivity contribution in [3.8, 4) is 0 Å². The van der Waals surface area contributed by atoms with Crippen LogP contribution in [0.2, 0.25) is 0 Å². The third kappa shape index (κ3) is 3.96. The number of alkyl halides is 1. The third-order valence-corrected chi connectivity index (χ3v) is 5.52. The van der Waals surface area contributed by atoms with E-state index in [4.69, 9.17) is 11.6 Å². The first-order valence-corrected chi connectivity index (χ1v) is 8.85. The summed E-state index contributed by atoms with van der Waals surface area (Å²) >= 11 is 5.87. The van der Waals surface area contributed by atoms with Crippen molar-refractivity contribution in [3.05, 3.63) is 29.3 Å². The quantitative estimate of drug-likeness (QED) is 0.749. The Labute approximate surface area is 128 Å². The first-order chi connectivity index (χ1) is 9.20. The second-order valence-electron chi connectivity index (χ2n) is 5.78. The van der Waals surface area contributed by atoms with E-state index in [1.165, 1.54) is 0 Å². The van der Waals surface area contributed by atoms with E-state index >= 15 is 0 Å². The van der Waals surface area contributed by atoms with Gasteiger partial charge in [0.05, 0.1) is 4.90 Å². The largest absolute Gasteiger partial charge is 0.243 e. The first kappa shape index (κ1) is 17.5. The summed E-state index contributed by atoms with van der Waals surface area (Å²) in [5, 5.41) is 0. The zero-order valence-corrected chi connectivity index (χ0v) is 14.4. The number of aryl methyl sites for hydroxylation is 1. The van der Waals surface area contributed by atoms with Crippen LogP contribution in [0, 0.1) is 12.8 Å². The Balaban J connectivity index is 3.26. The number of rotatable bonds is 6. The number of hydrogen-bond donors (Lipinski definition) is 0. The van der Waals surface area contributed by atoms with E-state index in [0.717, 1.165) is 11.1 Å². The predicted molar refractivity (Wildman–Crippen MR) is 84.6 cm³/mol. The Morgan fingerprint density at radius 1 is 1.20 bits per heavy atom. The Kier molecular flexibility index (Phi) is 6.05. The molecular formula is C15H24ClNO2S. The van der Waals surface area contributed by atoms with Crippen molar-refractivity contribution >= 4 is 21.6 Å². The zero-order valence-electron chi connectivity index (χ0n) is 12.9. The molecule has 0 aliphatic rings. The molecule has 0 N–H and O–H groups in total. The number of hydrogen-bond acceptors (Lipinski definition) is 2. The van der Waals surface area contributed by atoms with Crippen LogP contribution in [0.25, 0.3) is 0 Å². The van der Waals surface area contributed by atoms with Gasteiger partial charge in [-0.15, -0.1) is 11.6 Å². The average Bonchev–Trinajstić information content (AvgIpc) is 2.35. The molecule has 0 heterocycles. The molecule has 0 spiro atoms. The molecule has 0 unspecified atom stereocenters. The molecule has 1 rings (SSSR count). The van der Waals surface area contributed by atoms with Crippen molar-refractivity contribution in [3.63, 3.8) is 0 Å². The molecule has 1 aromatic rings. The van der Waals surface area contributed by atoms with Crippen molar-refractivity contribution in [2.24, 2.45) is 5.92 Å². The summed E-state index contributed by atoms with van der Waals surface area (Å²) in [5.41, 5.74) is 1.87. The average molecular weight is 318 g/mol. The fraction of sp³-hybridized carbons (Fsp3) is 0.600. The van der Waals surface area contributed by atoms with Crippen molar-refractivity contribution in [2.45, 2.75) is 51.4 Å². The van der Waals surface area contributed by atoms with Gasteiger partial charge in [-0.3, -0.25) is 0 Å². The Hall–Kier alpha value is -0.580. The molecule has 20 heavy (non-hydrogen) atoms. The van der Waals surface area contributed by atoms with Gasteiger partial charge >= 0.3 is 0 Å². The molecule has 0 saturated carbocycles. The molecule has 0 aromatic heterocycles. The monoisotopic (exact) mass is 317 g/mol. The summed E-state index contributed by atoms with van der Waals surface area (Å²) in [6.07, 6.45) is 0. The third-order valence-electron chi connectivity index (χ3n) is 3.19. The molecule has 0 fully saturated rings. The smallest absolute Gasteiger partial charge is 0.207 e. The van der Waals surface area contributed by atoms with Crippen LogP contribution in [0.4, 0.5) is 0 Å². The van der Waals surface area contributed by atoms with Gasteiger partial charge in [0.25, 0.3) is 0 Å². The van der Waals surface area contributed by atoms with E-state index in [9.17, 15) is 8.42 Å².